The van der Waals surface area contributed by atoms with Crippen LogP contribution < -0.4 is 14.2 Å². The number of nitrogens with zero attached hydrogens (tertiary/aromatic N) is 1. The molecule has 5 nitrogen and oxygen atoms in total. The second kappa shape index (κ2) is 8.56. The van der Waals surface area contributed by atoms with Crippen LogP contribution in [0.5, 0.6) is 17.2 Å². The quantitative estimate of drug-likeness (QED) is 0.711. The van der Waals surface area contributed by atoms with E-state index in [1.807, 2.05) is 41.3 Å². The second-order valence-corrected chi connectivity index (χ2v) is 7.12. The average molecular weight is 394 g/mol. The van der Waals surface area contributed by atoms with Crippen molar-refractivity contribution in [3.05, 3.63) is 53.1 Å². The summed E-state index contributed by atoms with van der Waals surface area (Å²) in [5, 5.41) is 0.489. The van der Waals surface area contributed by atoms with E-state index in [9.17, 15) is 4.79 Å². The Balaban J connectivity index is 1.70. The Labute approximate surface area is 162 Å². The van der Waals surface area contributed by atoms with Gasteiger partial charge in [0.1, 0.15) is 17.7 Å². The third kappa shape index (κ3) is 4.02. The molecule has 0 saturated carbocycles. The first-order chi connectivity index (χ1) is 12.6. The summed E-state index contributed by atoms with van der Waals surface area (Å²) in [6.45, 7) is 0.857. The van der Waals surface area contributed by atoms with Gasteiger partial charge in [0.15, 0.2) is 11.5 Å². The highest BCUT2D eigenvalue weighted by Gasteiger charge is 2.33. The zero-order valence-corrected chi connectivity index (χ0v) is 16.2. The number of carbonyl (C=O) groups is 1. The van der Waals surface area contributed by atoms with Crippen LogP contribution in [0.15, 0.2) is 42.5 Å². The monoisotopic (exact) mass is 393 g/mol. The molecule has 1 amide bonds. The fraction of sp³-hybridized carbons (Fsp3) is 0.316. The molecule has 0 unspecified atom stereocenters. The van der Waals surface area contributed by atoms with Crippen LogP contribution >= 0.6 is 23.4 Å². The van der Waals surface area contributed by atoms with Crippen LogP contribution in [-0.2, 0) is 4.79 Å². The van der Waals surface area contributed by atoms with Crippen LogP contribution in [0, 0.1) is 0 Å². The minimum atomic E-state index is -0.0721. The molecule has 7 heteroatoms. The number of hydrogen-bond donors (Lipinski definition) is 0. The number of rotatable bonds is 7. The SMILES string of the molecule is COc1ccc([C@H]2SCC(=O)N2CCOc2ccccc2Cl)cc1OC. The average Bonchev–Trinajstić information content (AvgIpc) is 3.03. The molecule has 2 aromatic rings. The molecule has 1 atom stereocenters. The van der Waals surface area contributed by atoms with Crippen LogP contribution in [0.3, 0.4) is 0 Å². The van der Waals surface area contributed by atoms with E-state index < -0.39 is 0 Å². The Hall–Kier alpha value is -2.05. The first-order valence-corrected chi connectivity index (χ1v) is 9.57. The fourth-order valence-corrected chi connectivity index (χ4v) is 4.19. The molecule has 138 valence electrons. The van der Waals surface area contributed by atoms with Crippen LogP contribution in [0.2, 0.25) is 5.02 Å². The molecule has 0 spiro atoms. The Morgan fingerprint density at radius 1 is 1.12 bits per heavy atom. The molecule has 0 radical (unpaired) electrons. The first-order valence-electron chi connectivity index (χ1n) is 8.14. The van der Waals surface area contributed by atoms with Gasteiger partial charge in [0.2, 0.25) is 5.91 Å². The summed E-state index contributed by atoms with van der Waals surface area (Å²) < 4.78 is 16.4. The number of carbonyl (C=O) groups excluding carboxylic acids is 1. The van der Waals surface area contributed by atoms with Gasteiger partial charge in [-0.25, -0.2) is 0 Å². The summed E-state index contributed by atoms with van der Waals surface area (Å²) in [6, 6.07) is 13.0. The van der Waals surface area contributed by atoms with E-state index in [1.165, 1.54) is 0 Å². The Kier molecular flexibility index (Phi) is 6.16. The largest absolute Gasteiger partial charge is 0.493 e. The summed E-state index contributed by atoms with van der Waals surface area (Å²) >= 11 is 7.69. The smallest absolute Gasteiger partial charge is 0.233 e. The molecule has 1 heterocycles. The van der Waals surface area contributed by atoms with Crippen LogP contribution in [0.1, 0.15) is 10.9 Å². The zero-order chi connectivity index (χ0) is 18.5. The highest BCUT2D eigenvalue weighted by molar-refractivity contribution is 8.00. The van der Waals surface area contributed by atoms with Crippen molar-refractivity contribution in [3.8, 4) is 17.2 Å². The van der Waals surface area contributed by atoms with Crippen molar-refractivity contribution in [2.75, 3.05) is 33.1 Å². The van der Waals surface area contributed by atoms with E-state index in [0.29, 0.717) is 41.2 Å². The highest BCUT2D eigenvalue weighted by Crippen LogP contribution is 2.41. The minimum absolute atomic E-state index is 0.0721. The fourth-order valence-electron chi connectivity index (χ4n) is 2.79. The molecule has 0 aromatic heterocycles. The van der Waals surface area contributed by atoms with Crippen molar-refractivity contribution in [1.82, 2.24) is 4.90 Å². The standard InChI is InChI=1S/C19H20ClNO4S/c1-23-16-8-7-13(11-17(16)24-2)19-21(18(22)12-26-19)9-10-25-15-6-4-3-5-14(15)20/h3-8,11,19H,9-10,12H2,1-2H3/t19-/m1/s1. The molecule has 0 bridgehead atoms. The lowest BCUT2D eigenvalue weighted by Crippen LogP contribution is -2.32. The minimum Gasteiger partial charge on any atom is -0.493 e. The van der Waals surface area contributed by atoms with Crippen molar-refractivity contribution < 1.29 is 19.0 Å². The Morgan fingerprint density at radius 2 is 1.88 bits per heavy atom. The maximum Gasteiger partial charge on any atom is 0.233 e. The molecular formula is C19H20ClNO4S. The maximum atomic E-state index is 12.3. The summed E-state index contributed by atoms with van der Waals surface area (Å²) in [7, 11) is 3.20. The van der Waals surface area contributed by atoms with Crippen LogP contribution in [0.25, 0.3) is 0 Å². The van der Waals surface area contributed by atoms with Crippen molar-refractivity contribution in [2.24, 2.45) is 0 Å². The summed E-state index contributed by atoms with van der Waals surface area (Å²) in [6.07, 6.45) is 0. The molecule has 1 aliphatic heterocycles. The molecule has 0 N–H and O–H groups in total. The number of halogens is 1. The molecular weight excluding hydrogens is 374 g/mol. The van der Waals surface area contributed by atoms with E-state index in [0.717, 1.165) is 5.56 Å². The van der Waals surface area contributed by atoms with E-state index >= 15 is 0 Å². The molecule has 1 fully saturated rings. The summed E-state index contributed by atoms with van der Waals surface area (Å²) in [5.41, 5.74) is 0.997. The number of ether oxygens (including phenoxy) is 3. The van der Waals surface area contributed by atoms with E-state index in [4.69, 9.17) is 25.8 Å². The van der Waals surface area contributed by atoms with Crippen LogP contribution in [0.4, 0.5) is 0 Å². The Bertz CT molecular complexity index is 786. The summed E-state index contributed by atoms with van der Waals surface area (Å²) in [5.74, 6) is 2.48. The molecule has 2 aromatic carbocycles. The van der Waals surface area contributed by atoms with Gasteiger partial charge < -0.3 is 19.1 Å². The van der Waals surface area contributed by atoms with Gasteiger partial charge in [0, 0.05) is 0 Å². The van der Waals surface area contributed by atoms with Crippen molar-refractivity contribution in [1.29, 1.82) is 0 Å². The lowest BCUT2D eigenvalue weighted by Gasteiger charge is -2.25. The van der Waals surface area contributed by atoms with Gasteiger partial charge in [-0.05, 0) is 29.8 Å². The third-order valence-electron chi connectivity index (χ3n) is 4.09. The predicted octanol–water partition coefficient (Wildman–Crippen LogP) is 4.01. The second-order valence-electron chi connectivity index (χ2n) is 5.64. The zero-order valence-electron chi connectivity index (χ0n) is 14.6. The van der Waals surface area contributed by atoms with Gasteiger partial charge in [-0.3, -0.25) is 4.79 Å². The molecule has 1 saturated heterocycles. The number of benzene rings is 2. The van der Waals surface area contributed by atoms with E-state index in [-0.39, 0.29) is 11.3 Å². The molecule has 3 rings (SSSR count). The number of amides is 1. The third-order valence-corrected chi connectivity index (χ3v) is 5.66. The lowest BCUT2D eigenvalue weighted by atomic mass is 10.2. The number of para-hydroxylation sites is 1. The normalized spacial score (nSPS) is 16.7. The van der Waals surface area contributed by atoms with Gasteiger partial charge in [0.25, 0.3) is 0 Å². The molecule has 26 heavy (non-hydrogen) atoms. The van der Waals surface area contributed by atoms with Gasteiger partial charge in [-0.2, -0.15) is 0 Å². The van der Waals surface area contributed by atoms with Gasteiger partial charge in [0.05, 0.1) is 31.5 Å². The topological polar surface area (TPSA) is 48.0 Å². The number of thioether (sulfide) groups is 1. The summed E-state index contributed by atoms with van der Waals surface area (Å²) in [4.78, 5) is 14.1. The van der Waals surface area contributed by atoms with E-state index in [1.54, 1.807) is 32.0 Å². The van der Waals surface area contributed by atoms with Crippen molar-refractivity contribution >= 4 is 29.3 Å². The maximum absolute atomic E-state index is 12.3. The van der Waals surface area contributed by atoms with E-state index in [2.05, 4.69) is 0 Å². The first kappa shape index (κ1) is 18.7. The highest BCUT2D eigenvalue weighted by atomic mass is 35.5. The Morgan fingerprint density at radius 3 is 2.62 bits per heavy atom. The number of methoxy groups -OCH3 is 2. The molecule has 0 aliphatic carbocycles. The van der Waals surface area contributed by atoms with Gasteiger partial charge in [-0.15, -0.1) is 11.8 Å². The lowest BCUT2D eigenvalue weighted by molar-refractivity contribution is -0.128. The van der Waals surface area contributed by atoms with Crippen LogP contribution in [-0.4, -0.2) is 43.9 Å². The van der Waals surface area contributed by atoms with Gasteiger partial charge >= 0.3 is 0 Å². The van der Waals surface area contributed by atoms with Gasteiger partial charge in [-0.1, -0.05) is 29.8 Å². The van der Waals surface area contributed by atoms with Crippen molar-refractivity contribution in [3.63, 3.8) is 0 Å². The molecule has 1 aliphatic rings. The predicted molar refractivity (Wildman–Crippen MR) is 103 cm³/mol. The number of hydrogen-bond acceptors (Lipinski definition) is 5. The van der Waals surface area contributed by atoms with Crippen molar-refractivity contribution in [2.45, 2.75) is 5.37 Å².